The monoisotopic (exact) mass is 802 g/mol. The minimum absolute atomic E-state index is 0.863. The Balaban J connectivity index is 1.07. The van der Waals surface area contributed by atoms with Crippen LogP contribution in [0.25, 0.3) is 104 Å². The van der Waals surface area contributed by atoms with E-state index in [-0.39, 0.29) is 0 Å². The molecule has 2 heterocycles. The molecule has 0 aliphatic carbocycles. The molecule has 0 aliphatic rings. The van der Waals surface area contributed by atoms with Crippen LogP contribution in [0.3, 0.4) is 0 Å². The third-order valence-corrected chi connectivity index (χ3v) is 13.0. The Kier molecular flexibility index (Phi) is 7.91. The van der Waals surface area contributed by atoms with Crippen molar-refractivity contribution < 1.29 is 4.42 Å². The molecular weight excluding hydrogens is 765 g/mol. The smallest absolute Gasteiger partial charge is 0.145 e. The zero-order valence-electron chi connectivity index (χ0n) is 34.2. The topological polar surface area (TPSA) is 21.3 Å². The first-order valence-electron chi connectivity index (χ1n) is 21.6. The SMILES string of the molecule is c1ccc(-n2c3ccccc3c3cccc(-c4ccc(N(c5cccc6c5ccc5ccccc56)c5ccc(-c6cccc7ccccc67)c6oc7ccccc7c56)cc4)c32)cc1. The molecule has 0 radical (unpaired) electrons. The van der Waals surface area contributed by atoms with E-state index in [1.165, 1.54) is 59.7 Å². The van der Waals surface area contributed by atoms with Gasteiger partial charge in [0.1, 0.15) is 11.2 Å². The molecule has 11 aromatic carbocycles. The standard InChI is InChI=1S/C60H38N2O/c1-2-18-42(19-3-1)62-55-28-10-8-22-49(55)51-27-13-24-46(59(51)62)41-31-34-43(35-32-41)61(54-29-14-26-47-45-21-7-5-16-40(45)33-36-50(47)54)56-38-37-52(48-25-12-17-39-15-4-6-20-44(39)48)60-58(56)53-23-9-11-30-57(53)63-60/h1-38H. The van der Waals surface area contributed by atoms with Gasteiger partial charge in [0.2, 0.25) is 0 Å². The van der Waals surface area contributed by atoms with Crippen molar-refractivity contribution in [2.45, 2.75) is 0 Å². The van der Waals surface area contributed by atoms with E-state index >= 15 is 0 Å². The predicted octanol–water partition coefficient (Wildman–Crippen LogP) is 16.9. The van der Waals surface area contributed by atoms with E-state index in [9.17, 15) is 0 Å². The molecule has 0 N–H and O–H groups in total. The highest BCUT2D eigenvalue weighted by atomic mass is 16.3. The third kappa shape index (κ3) is 5.46. The molecule has 13 aromatic rings. The van der Waals surface area contributed by atoms with Crippen LogP contribution in [-0.4, -0.2) is 4.57 Å². The molecular formula is C60H38N2O. The van der Waals surface area contributed by atoms with Crippen molar-refractivity contribution in [1.82, 2.24) is 4.57 Å². The van der Waals surface area contributed by atoms with Crippen molar-refractivity contribution >= 4 is 93.1 Å². The van der Waals surface area contributed by atoms with Crippen molar-refractivity contribution in [2.24, 2.45) is 0 Å². The molecule has 13 rings (SSSR count). The maximum absolute atomic E-state index is 6.96. The molecule has 63 heavy (non-hydrogen) atoms. The molecule has 0 amide bonds. The number of furan rings is 1. The molecule has 0 spiro atoms. The lowest BCUT2D eigenvalue weighted by Crippen LogP contribution is -2.11. The number of anilines is 3. The van der Waals surface area contributed by atoms with E-state index in [1.54, 1.807) is 0 Å². The van der Waals surface area contributed by atoms with Crippen molar-refractivity contribution in [2.75, 3.05) is 4.90 Å². The van der Waals surface area contributed by atoms with Gasteiger partial charge in [0.15, 0.2) is 0 Å². The number of para-hydroxylation sites is 4. The summed E-state index contributed by atoms with van der Waals surface area (Å²) < 4.78 is 9.37. The Labute approximate surface area is 363 Å². The fourth-order valence-electron chi connectivity index (χ4n) is 10.2. The quantitative estimate of drug-likeness (QED) is 0.156. The lowest BCUT2D eigenvalue weighted by atomic mass is 9.95. The summed E-state index contributed by atoms with van der Waals surface area (Å²) in [4.78, 5) is 2.44. The Morgan fingerprint density at radius 1 is 0.349 bits per heavy atom. The van der Waals surface area contributed by atoms with Gasteiger partial charge in [0.25, 0.3) is 0 Å². The maximum Gasteiger partial charge on any atom is 0.145 e. The normalized spacial score (nSPS) is 11.8. The van der Waals surface area contributed by atoms with Gasteiger partial charge in [-0.25, -0.2) is 0 Å². The van der Waals surface area contributed by atoms with E-state index < -0.39 is 0 Å². The van der Waals surface area contributed by atoms with Crippen LogP contribution in [0.4, 0.5) is 17.1 Å². The highest BCUT2D eigenvalue weighted by molar-refractivity contribution is 6.20. The van der Waals surface area contributed by atoms with Gasteiger partial charge in [-0.3, -0.25) is 0 Å². The molecule has 3 nitrogen and oxygen atoms in total. The van der Waals surface area contributed by atoms with Crippen LogP contribution in [0.5, 0.6) is 0 Å². The molecule has 2 aromatic heterocycles. The van der Waals surface area contributed by atoms with Gasteiger partial charge in [-0.1, -0.05) is 176 Å². The summed E-state index contributed by atoms with van der Waals surface area (Å²) in [7, 11) is 0. The first kappa shape index (κ1) is 35.4. The fraction of sp³-hybridized carbons (Fsp3) is 0. The third-order valence-electron chi connectivity index (χ3n) is 13.0. The van der Waals surface area contributed by atoms with E-state index in [0.717, 1.165) is 61.4 Å². The molecule has 0 atom stereocenters. The lowest BCUT2D eigenvalue weighted by molar-refractivity contribution is 0.670. The zero-order chi connectivity index (χ0) is 41.4. The van der Waals surface area contributed by atoms with E-state index in [2.05, 4.69) is 240 Å². The van der Waals surface area contributed by atoms with Crippen LogP contribution in [0.15, 0.2) is 235 Å². The molecule has 0 saturated heterocycles. The summed E-state index contributed by atoms with van der Waals surface area (Å²) in [5.41, 5.74) is 13.0. The van der Waals surface area contributed by atoms with Gasteiger partial charge in [0, 0.05) is 44.0 Å². The van der Waals surface area contributed by atoms with Crippen molar-refractivity contribution in [1.29, 1.82) is 0 Å². The molecule has 0 unspecified atom stereocenters. The van der Waals surface area contributed by atoms with Gasteiger partial charge in [-0.05, 0) is 92.7 Å². The van der Waals surface area contributed by atoms with Crippen LogP contribution in [0, 0.1) is 0 Å². The van der Waals surface area contributed by atoms with Crippen molar-refractivity contribution in [3.8, 4) is 27.9 Å². The number of benzene rings is 11. The summed E-state index contributed by atoms with van der Waals surface area (Å²) >= 11 is 0. The van der Waals surface area contributed by atoms with Crippen LogP contribution in [0.2, 0.25) is 0 Å². The molecule has 3 heteroatoms. The number of aromatic nitrogens is 1. The fourth-order valence-corrected chi connectivity index (χ4v) is 10.2. The Bertz CT molecular complexity index is 3910. The Morgan fingerprint density at radius 2 is 0.984 bits per heavy atom. The van der Waals surface area contributed by atoms with Crippen LogP contribution < -0.4 is 4.90 Å². The molecule has 0 saturated carbocycles. The van der Waals surface area contributed by atoms with Crippen LogP contribution in [-0.2, 0) is 0 Å². The summed E-state index contributed by atoms with van der Waals surface area (Å²) in [6.07, 6.45) is 0. The average Bonchev–Trinajstić information content (AvgIpc) is 3.91. The molecule has 0 aliphatic heterocycles. The summed E-state index contributed by atoms with van der Waals surface area (Å²) in [5, 5.41) is 11.9. The molecule has 0 fully saturated rings. The summed E-state index contributed by atoms with van der Waals surface area (Å²) in [5.74, 6) is 0. The Morgan fingerprint density at radius 3 is 1.84 bits per heavy atom. The minimum atomic E-state index is 0.863. The number of rotatable bonds is 6. The maximum atomic E-state index is 6.96. The van der Waals surface area contributed by atoms with Gasteiger partial charge >= 0.3 is 0 Å². The lowest BCUT2D eigenvalue weighted by Gasteiger charge is -2.28. The van der Waals surface area contributed by atoms with Crippen LogP contribution >= 0.6 is 0 Å². The second-order valence-electron chi connectivity index (χ2n) is 16.4. The number of nitrogens with zero attached hydrogens (tertiary/aromatic N) is 2. The summed E-state index contributed by atoms with van der Waals surface area (Å²) in [6.45, 7) is 0. The van der Waals surface area contributed by atoms with Crippen molar-refractivity contribution in [3.05, 3.63) is 231 Å². The zero-order valence-corrected chi connectivity index (χ0v) is 34.2. The Hall–Kier alpha value is -8.40. The van der Waals surface area contributed by atoms with Crippen molar-refractivity contribution in [3.63, 3.8) is 0 Å². The highest BCUT2D eigenvalue weighted by Gasteiger charge is 2.25. The van der Waals surface area contributed by atoms with Gasteiger partial charge in [-0.15, -0.1) is 0 Å². The summed E-state index contributed by atoms with van der Waals surface area (Å²) in [6, 6.07) is 83.4. The van der Waals surface area contributed by atoms with E-state index in [0.29, 0.717) is 0 Å². The second kappa shape index (κ2) is 14.1. The largest absolute Gasteiger partial charge is 0.455 e. The minimum Gasteiger partial charge on any atom is -0.455 e. The molecule has 294 valence electrons. The highest BCUT2D eigenvalue weighted by Crippen LogP contribution is 2.49. The number of fused-ring (bicyclic) bond motifs is 10. The van der Waals surface area contributed by atoms with Gasteiger partial charge in [-0.2, -0.15) is 0 Å². The van der Waals surface area contributed by atoms with Gasteiger partial charge in [0.05, 0.1) is 27.8 Å². The van der Waals surface area contributed by atoms with E-state index in [1.807, 2.05) is 0 Å². The van der Waals surface area contributed by atoms with Gasteiger partial charge < -0.3 is 13.9 Å². The average molecular weight is 803 g/mol. The first-order valence-corrected chi connectivity index (χ1v) is 21.6. The molecule has 0 bridgehead atoms. The number of hydrogen-bond acceptors (Lipinski definition) is 2. The van der Waals surface area contributed by atoms with E-state index in [4.69, 9.17) is 4.42 Å². The van der Waals surface area contributed by atoms with Crippen LogP contribution in [0.1, 0.15) is 0 Å². The number of hydrogen-bond donors (Lipinski definition) is 0. The predicted molar refractivity (Wildman–Crippen MR) is 266 cm³/mol. The second-order valence-corrected chi connectivity index (χ2v) is 16.4. The first-order chi connectivity index (χ1) is 31.3.